The summed E-state index contributed by atoms with van der Waals surface area (Å²) in [4.78, 5) is 15.9. The highest BCUT2D eigenvalue weighted by atomic mass is 35.5. The van der Waals surface area contributed by atoms with Crippen molar-refractivity contribution in [3.63, 3.8) is 0 Å². The first-order valence-corrected chi connectivity index (χ1v) is 9.96. The molecule has 1 aliphatic rings. The van der Waals surface area contributed by atoms with Gasteiger partial charge in [0.1, 0.15) is 17.5 Å². The van der Waals surface area contributed by atoms with Crippen LogP contribution in [0.1, 0.15) is 32.6 Å². The second-order valence-corrected chi connectivity index (χ2v) is 7.68. The van der Waals surface area contributed by atoms with Crippen molar-refractivity contribution in [2.75, 3.05) is 10.6 Å². The number of hydrogen-bond acceptors (Lipinski definition) is 5. The van der Waals surface area contributed by atoms with Gasteiger partial charge in [-0.3, -0.25) is 4.79 Å². The molecule has 0 radical (unpaired) electrons. The quantitative estimate of drug-likeness (QED) is 0.582. The number of nitrogens with one attached hydrogen (secondary N) is 3. The Morgan fingerprint density at radius 1 is 1.17 bits per heavy atom. The summed E-state index contributed by atoms with van der Waals surface area (Å²) in [5.41, 5.74) is 1.35. The highest BCUT2D eigenvalue weighted by Gasteiger charge is 2.22. The lowest BCUT2D eigenvalue weighted by atomic mass is 9.91. The second kappa shape index (κ2) is 8.24. The maximum atomic E-state index is 13.4. The number of carbonyl (C=O) groups excluding carboxylic acids is 1. The van der Waals surface area contributed by atoms with E-state index in [1.165, 1.54) is 12.1 Å². The summed E-state index contributed by atoms with van der Waals surface area (Å²) in [5, 5.41) is 14.1. The number of rotatable bonds is 5. The Kier molecular flexibility index (Phi) is 5.53. The second-order valence-electron chi connectivity index (χ2n) is 7.28. The first kappa shape index (κ1) is 19.4. The van der Waals surface area contributed by atoms with Gasteiger partial charge < -0.3 is 16.0 Å². The van der Waals surface area contributed by atoms with E-state index in [2.05, 4.69) is 26.0 Å². The van der Waals surface area contributed by atoms with E-state index in [-0.39, 0.29) is 23.0 Å². The molecular formula is C20H22ClFN6O. The van der Waals surface area contributed by atoms with Gasteiger partial charge in [0.25, 0.3) is 0 Å². The fourth-order valence-electron chi connectivity index (χ4n) is 3.68. The number of carbonyl (C=O) groups is 1. The van der Waals surface area contributed by atoms with Crippen LogP contribution >= 0.6 is 11.6 Å². The Labute approximate surface area is 172 Å². The monoisotopic (exact) mass is 416 g/mol. The molecule has 0 spiro atoms. The van der Waals surface area contributed by atoms with Crippen LogP contribution in [0.3, 0.4) is 0 Å². The van der Waals surface area contributed by atoms with Crippen LogP contribution in [0.5, 0.6) is 0 Å². The third-order valence-corrected chi connectivity index (χ3v) is 5.33. The Morgan fingerprint density at radius 3 is 2.66 bits per heavy atom. The molecule has 0 bridgehead atoms. The fraction of sp³-hybridized carbons (Fsp3) is 0.350. The van der Waals surface area contributed by atoms with Crippen molar-refractivity contribution in [1.29, 1.82) is 0 Å². The lowest BCUT2D eigenvalue weighted by Crippen LogP contribution is -2.39. The van der Waals surface area contributed by atoms with Crippen LogP contribution in [0.2, 0.25) is 5.02 Å². The SMILES string of the molecule is CC(=O)NC1CCC(Nc2cc(Nc3ccc(F)c(Cl)c3)n3nccc3n2)CC1. The van der Waals surface area contributed by atoms with Crippen molar-refractivity contribution in [2.24, 2.45) is 0 Å². The molecule has 1 saturated carbocycles. The van der Waals surface area contributed by atoms with E-state index in [0.29, 0.717) is 17.2 Å². The molecule has 2 aromatic heterocycles. The average molecular weight is 417 g/mol. The van der Waals surface area contributed by atoms with E-state index in [1.807, 2.05) is 12.1 Å². The number of aromatic nitrogens is 3. The number of benzene rings is 1. The fourth-order valence-corrected chi connectivity index (χ4v) is 3.86. The molecule has 1 amide bonds. The molecule has 0 aliphatic heterocycles. The van der Waals surface area contributed by atoms with Gasteiger partial charge in [0, 0.05) is 36.8 Å². The van der Waals surface area contributed by atoms with Crippen LogP contribution in [0.25, 0.3) is 5.65 Å². The summed E-state index contributed by atoms with van der Waals surface area (Å²) in [6, 6.07) is 8.69. The van der Waals surface area contributed by atoms with Crippen LogP contribution < -0.4 is 16.0 Å². The van der Waals surface area contributed by atoms with E-state index < -0.39 is 5.82 Å². The molecule has 0 saturated heterocycles. The topological polar surface area (TPSA) is 83.4 Å². The molecule has 3 N–H and O–H groups in total. The lowest BCUT2D eigenvalue weighted by Gasteiger charge is -2.29. The molecule has 7 nitrogen and oxygen atoms in total. The van der Waals surface area contributed by atoms with Gasteiger partial charge in [-0.1, -0.05) is 11.6 Å². The molecule has 2 heterocycles. The van der Waals surface area contributed by atoms with Crippen molar-refractivity contribution >= 4 is 40.5 Å². The number of halogens is 2. The Hall–Kier alpha value is -2.87. The third kappa shape index (κ3) is 4.59. The van der Waals surface area contributed by atoms with Gasteiger partial charge in [0.2, 0.25) is 5.91 Å². The number of fused-ring (bicyclic) bond motifs is 1. The predicted octanol–water partition coefficient (Wildman–Crippen LogP) is 4.12. The highest BCUT2D eigenvalue weighted by molar-refractivity contribution is 6.31. The normalized spacial score (nSPS) is 19.1. The van der Waals surface area contributed by atoms with E-state index in [1.54, 1.807) is 23.7 Å². The number of amides is 1. The zero-order valence-corrected chi connectivity index (χ0v) is 16.7. The van der Waals surface area contributed by atoms with Crippen LogP contribution in [0.4, 0.5) is 21.7 Å². The van der Waals surface area contributed by atoms with Crippen LogP contribution in [-0.2, 0) is 4.79 Å². The summed E-state index contributed by atoms with van der Waals surface area (Å²) < 4.78 is 15.1. The summed E-state index contributed by atoms with van der Waals surface area (Å²) in [6.45, 7) is 1.55. The molecule has 3 aromatic rings. The zero-order chi connectivity index (χ0) is 20.4. The van der Waals surface area contributed by atoms with Crippen molar-refractivity contribution in [3.05, 3.63) is 47.4 Å². The van der Waals surface area contributed by atoms with E-state index in [0.717, 1.165) is 31.5 Å². The van der Waals surface area contributed by atoms with E-state index in [4.69, 9.17) is 11.6 Å². The first-order valence-electron chi connectivity index (χ1n) is 9.58. The molecule has 0 atom stereocenters. The Balaban J connectivity index is 1.51. The molecule has 152 valence electrons. The molecular weight excluding hydrogens is 395 g/mol. The molecule has 1 aliphatic carbocycles. The lowest BCUT2D eigenvalue weighted by molar-refractivity contribution is -0.119. The highest BCUT2D eigenvalue weighted by Crippen LogP contribution is 2.26. The molecule has 4 rings (SSSR count). The molecule has 29 heavy (non-hydrogen) atoms. The first-order chi connectivity index (χ1) is 14.0. The Bertz CT molecular complexity index is 1030. The maximum absolute atomic E-state index is 13.4. The van der Waals surface area contributed by atoms with Crippen LogP contribution in [0.15, 0.2) is 36.5 Å². The number of nitrogens with zero attached hydrogens (tertiary/aromatic N) is 3. The maximum Gasteiger partial charge on any atom is 0.217 e. The van der Waals surface area contributed by atoms with Gasteiger partial charge >= 0.3 is 0 Å². The third-order valence-electron chi connectivity index (χ3n) is 5.04. The number of hydrogen-bond donors (Lipinski definition) is 3. The largest absolute Gasteiger partial charge is 0.367 e. The summed E-state index contributed by atoms with van der Waals surface area (Å²) in [6.07, 6.45) is 5.45. The van der Waals surface area contributed by atoms with Gasteiger partial charge in [-0.25, -0.2) is 9.37 Å². The minimum Gasteiger partial charge on any atom is -0.367 e. The molecule has 9 heteroatoms. The number of anilines is 3. The van der Waals surface area contributed by atoms with Crippen LogP contribution in [-0.4, -0.2) is 32.6 Å². The average Bonchev–Trinajstić information content (AvgIpc) is 3.15. The van der Waals surface area contributed by atoms with Gasteiger partial charge in [0.15, 0.2) is 5.65 Å². The predicted molar refractivity (Wildman–Crippen MR) is 111 cm³/mol. The minimum atomic E-state index is -0.464. The zero-order valence-electron chi connectivity index (χ0n) is 16.0. The summed E-state index contributed by atoms with van der Waals surface area (Å²) in [7, 11) is 0. The van der Waals surface area contributed by atoms with Gasteiger partial charge in [-0.15, -0.1) is 0 Å². The molecule has 0 unspecified atom stereocenters. The van der Waals surface area contributed by atoms with Gasteiger partial charge in [0.05, 0.1) is 11.2 Å². The van der Waals surface area contributed by atoms with E-state index in [9.17, 15) is 9.18 Å². The molecule has 1 aromatic carbocycles. The van der Waals surface area contributed by atoms with Crippen molar-refractivity contribution < 1.29 is 9.18 Å². The van der Waals surface area contributed by atoms with Crippen LogP contribution in [0, 0.1) is 5.82 Å². The van der Waals surface area contributed by atoms with Crippen molar-refractivity contribution in [1.82, 2.24) is 19.9 Å². The summed E-state index contributed by atoms with van der Waals surface area (Å²) >= 11 is 5.89. The van der Waals surface area contributed by atoms with Crippen molar-refractivity contribution in [2.45, 2.75) is 44.7 Å². The smallest absolute Gasteiger partial charge is 0.217 e. The van der Waals surface area contributed by atoms with Gasteiger partial charge in [-0.05, 0) is 43.9 Å². The standard InChI is InChI=1S/C20H22ClFN6O/c1-12(29)24-13-2-4-14(5-3-13)25-18-11-20(28-19(27-18)8-9-23-28)26-15-6-7-17(22)16(21)10-15/h6-11,13-14,26H,2-5H2,1H3,(H,24,29)(H,25,27). The minimum absolute atomic E-state index is 0.0193. The molecule has 1 fully saturated rings. The van der Waals surface area contributed by atoms with E-state index >= 15 is 0 Å². The van der Waals surface area contributed by atoms with Crippen molar-refractivity contribution in [3.8, 4) is 0 Å². The Morgan fingerprint density at radius 2 is 1.93 bits per heavy atom. The van der Waals surface area contributed by atoms with Gasteiger partial charge in [-0.2, -0.15) is 9.61 Å². The summed E-state index contributed by atoms with van der Waals surface area (Å²) in [5.74, 6) is 0.980.